The summed E-state index contributed by atoms with van der Waals surface area (Å²) in [6.45, 7) is 3.00. The predicted octanol–water partition coefficient (Wildman–Crippen LogP) is 3.36. The Balaban J connectivity index is 1.69. The Morgan fingerprint density at radius 2 is 2.03 bits per heavy atom. The van der Waals surface area contributed by atoms with Gasteiger partial charge >= 0.3 is 0 Å². The Hall–Kier alpha value is -3.70. The van der Waals surface area contributed by atoms with Gasteiger partial charge in [0, 0.05) is 11.4 Å². The number of hydrazone groups is 1. The van der Waals surface area contributed by atoms with Crippen molar-refractivity contribution in [3.63, 3.8) is 0 Å². The topological polar surface area (TPSA) is 104 Å². The normalized spacial score (nSPS) is 15.6. The largest absolute Gasteiger partial charge is 0.467 e. The number of nitriles is 1. The molecule has 156 valence electrons. The van der Waals surface area contributed by atoms with E-state index in [0.717, 1.165) is 10.2 Å². The zero-order valence-corrected chi connectivity index (χ0v) is 17.6. The maximum atomic E-state index is 13.2. The van der Waals surface area contributed by atoms with Gasteiger partial charge in [0.15, 0.2) is 0 Å². The number of hydrogen-bond acceptors (Lipinski definition) is 6. The molecule has 0 unspecified atom stereocenters. The number of benzene rings is 1. The highest BCUT2D eigenvalue weighted by molar-refractivity contribution is 6.30. The SMILES string of the molecule is Cc1nn(CC(=O)N2N=C(c3ccc(Cl)cc3)C[C@@H]2c2ccco2)c(=O)c(C#N)c1C. The van der Waals surface area contributed by atoms with Gasteiger partial charge in [0.2, 0.25) is 0 Å². The summed E-state index contributed by atoms with van der Waals surface area (Å²) in [5.41, 5.74) is 1.94. The molecule has 8 nitrogen and oxygen atoms in total. The molecule has 9 heteroatoms. The Bertz CT molecular complexity index is 1270. The number of furan rings is 1. The lowest BCUT2D eigenvalue weighted by Gasteiger charge is -2.20. The minimum atomic E-state index is -0.602. The third-order valence-corrected chi connectivity index (χ3v) is 5.50. The second-order valence-corrected chi connectivity index (χ2v) is 7.62. The molecule has 0 saturated carbocycles. The smallest absolute Gasteiger partial charge is 0.285 e. The van der Waals surface area contributed by atoms with Crippen LogP contribution in [0.3, 0.4) is 0 Å². The molecule has 2 aromatic heterocycles. The lowest BCUT2D eigenvalue weighted by atomic mass is 10.0. The van der Waals surface area contributed by atoms with Crippen LogP contribution in [0.1, 0.15) is 40.6 Å². The molecule has 0 aliphatic carbocycles. The highest BCUT2D eigenvalue weighted by atomic mass is 35.5. The number of aromatic nitrogens is 2. The predicted molar refractivity (Wildman–Crippen MR) is 114 cm³/mol. The molecular weight excluding hydrogens is 418 g/mol. The molecule has 1 aliphatic heterocycles. The summed E-state index contributed by atoms with van der Waals surface area (Å²) in [6.07, 6.45) is 1.98. The van der Waals surface area contributed by atoms with Crippen LogP contribution in [0, 0.1) is 25.2 Å². The molecule has 1 atom stereocenters. The van der Waals surface area contributed by atoms with Gasteiger partial charge in [-0.3, -0.25) is 9.59 Å². The molecule has 1 aromatic carbocycles. The number of rotatable bonds is 4. The zero-order valence-electron chi connectivity index (χ0n) is 16.9. The molecule has 3 heterocycles. The van der Waals surface area contributed by atoms with E-state index in [1.54, 1.807) is 38.1 Å². The van der Waals surface area contributed by atoms with Gasteiger partial charge in [-0.05, 0) is 49.2 Å². The molecule has 0 radical (unpaired) electrons. The van der Waals surface area contributed by atoms with Gasteiger partial charge < -0.3 is 4.42 Å². The van der Waals surface area contributed by atoms with E-state index in [0.29, 0.717) is 34.2 Å². The lowest BCUT2D eigenvalue weighted by molar-refractivity contribution is -0.134. The van der Waals surface area contributed by atoms with Gasteiger partial charge in [-0.25, -0.2) is 9.69 Å². The average Bonchev–Trinajstić information content (AvgIpc) is 3.43. The number of aryl methyl sites for hydroxylation is 1. The second-order valence-electron chi connectivity index (χ2n) is 7.19. The molecule has 0 bridgehead atoms. The van der Waals surface area contributed by atoms with Crippen molar-refractivity contribution < 1.29 is 9.21 Å². The molecule has 0 N–H and O–H groups in total. The molecule has 4 rings (SSSR count). The first-order valence-corrected chi connectivity index (χ1v) is 9.94. The Morgan fingerprint density at radius 1 is 1.29 bits per heavy atom. The van der Waals surface area contributed by atoms with Crippen LogP contribution in [0.15, 0.2) is 57.0 Å². The summed E-state index contributed by atoms with van der Waals surface area (Å²) in [7, 11) is 0. The van der Waals surface area contributed by atoms with Crippen LogP contribution in [-0.2, 0) is 11.3 Å². The maximum Gasteiger partial charge on any atom is 0.285 e. The summed E-state index contributed by atoms with van der Waals surface area (Å²) in [5, 5.41) is 19.9. The average molecular weight is 436 g/mol. The van der Waals surface area contributed by atoms with Crippen molar-refractivity contribution in [3.05, 3.63) is 86.2 Å². The van der Waals surface area contributed by atoms with Crippen molar-refractivity contribution in [1.82, 2.24) is 14.8 Å². The van der Waals surface area contributed by atoms with Crippen molar-refractivity contribution in [3.8, 4) is 6.07 Å². The molecular formula is C22H18ClN5O3. The van der Waals surface area contributed by atoms with E-state index in [2.05, 4.69) is 10.2 Å². The molecule has 0 fully saturated rings. The molecule has 31 heavy (non-hydrogen) atoms. The summed E-state index contributed by atoms with van der Waals surface area (Å²) in [6, 6.07) is 12.2. The number of hydrogen-bond donors (Lipinski definition) is 0. The summed E-state index contributed by atoms with van der Waals surface area (Å²) >= 11 is 5.98. The molecule has 1 aliphatic rings. The van der Waals surface area contributed by atoms with Crippen LogP contribution in [0.25, 0.3) is 0 Å². The highest BCUT2D eigenvalue weighted by Crippen LogP contribution is 2.33. The quantitative estimate of drug-likeness (QED) is 0.624. The van der Waals surface area contributed by atoms with Gasteiger partial charge in [-0.15, -0.1) is 0 Å². The van der Waals surface area contributed by atoms with Crippen LogP contribution in [0.4, 0.5) is 0 Å². The third-order valence-electron chi connectivity index (χ3n) is 5.25. The Kier molecular flexibility index (Phi) is 5.44. The van der Waals surface area contributed by atoms with Crippen LogP contribution in [0.2, 0.25) is 5.02 Å². The van der Waals surface area contributed by atoms with E-state index in [-0.39, 0.29) is 12.1 Å². The van der Waals surface area contributed by atoms with Gasteiger partial charge in [0.1, 0.15) is 30.0 Å². The zero-order chi connectivity index (χ0) is 22.1. The van der Waals surface area contributed by atoms with Crippen LogP contribution >= 0.6 is 11.6 Å². The number of amides is 1. The summed E-state index contributed by atoms with van der Waals surface area (Å²) in [4.78, 5) is 25.8. The van der Waals surface area contributed by atoms with E-state index in [9.17, 15) is 14.9 Å². The van der Waals surface area contributed by atoms with Crippen LogP contribution < -0.4 is 5.56 Å². The first kappa shape index (κ1) is 20.6. The number of nitrogens with zero attached hydrogens (tertiary/aromatic N) is 5. The van der Waals surface area contributed by atoms with Crippen LogP contribution in [0.5, 0.6) is 0 Å². The van der Waals surface area contributed by atoms with Crippen molar-refractivity contribution in [1.29, 1.82) is 5.26 Å². The minimum absolute atomic E-state index is 0.0188. The van der Waals surface area contributed by atoms with E-state index in [1.807, 2.05) is 18.2 Å². The maximum absolute atomic E-state index is 13.2. The first-order valence-electron chi connectivity index (χ1n) is 9.56. The number of carbonyl (C=O) groups is 1. The van der Waals surface area contributed by atoms with Gasteiger partial charge in [0.25, 0.3) is 11.5 Å². The molecule has 0 spiro atoms. The Labute approximate surface area is 183 Å². The minimum Gasteiger partial charge on any atom is -0.467 e. The highest BCUT2D eigenvalue weighted by Gasteiger charge is 2.35. The fourth-order valence-corrected chi connectivity index (χ4v) is 3.60. The summed E-state index contributed by atoms with van der Waals surface area (Å²) in [5.74, 6) is 0.145. The first-order chi connectivity index (χ1) is 14.9. The van der Waals surface area contributed by atoms with Gasteiger partial charge in [-0.1, -0.05) is 23.7 Å². The Morgan fingerprint density at radius 3 is 2.68 bits per heavy atom. The number of carbonyl (C=O) groups excluding carboxylic acids is 1. The van der Waals surface area contributed by atoms with Gasteiger partial charge in [-0.2, -0.15) is 15.5 Å². The molecule has 0 saturated heterocycles. The number of halogens is 1. The fraction of sp³-hybridized carbons (Fsp3) is 0.227. The van der Waals surface area contributed by atoms with Crippen LogP contribution in [-0.4, -0.2) is 26.4 Å². The second kappa shape index (κ2) is 8.20. The van der Waals surface area contributed by atoms with E-state index < -0.39 is 17.5 Å². The monoisotopic (exact) mass is 435 g/mol. The third kappa shape index (κ3) is 3.88. The summed E-state index contributed by atoms with van der Waals surface area (Å²) < 4.78 is 6.54. The standard InChI is InChI=1S/C22H18ClN5O3/c1-13-14(2)25-27(22(30)17(13)11-24)12-21(29)28-19(20-4-3-9-31-20)10-18(26-28)15-5-7-16(23)8-6-15/h3-9,19H,10,12H2,1-2H3/t19-/m1/s1. The van der Waals surface area contributed by atoms with Crippen molar-refractivity contribution >= 4 is 23.2 Å². The van der Waals surface area contributed by atoms with Crippen molar-refractivity contribution in [2.24, 2.45) is 5.10 Å². The van der Waals surface area contributed by atoms with E-state index in [4.69, 9.17) is 16.0 Å². The molecule has 3 aromatic rings. The fourth-order valence-electron chi connectivity index (χ4n) is 3.47. The molecule has 1 amide bonds. The van der Waals surface area contributed by atoms with E-state index >= 15 is 0 Å². The van der Waals surface area contributed by atoms with Crippen molar-refractivity contribution in [2.75, 3.05) is 0 Å². The van der Waals surface area contributed by atoms with E-state index in [1.165, 1.54) is 11.3 Å². The lowest BCUT2D eigenvalue weighted by Crippen LogP contribution is -2.36. The van der Waals surface area contributed by atoms with Crippen molar-refractivity contribution in [2.45, 2.75) is 32.9 Å². The van der Waals surface area contributed by atoms with Gasteiger partial charge in [0.05, 0.1) is 17.7 Å².